The van der Waals surface area contributed by atoms with Crippen molar-refractivity contribution in [3.8, 4) is 0 Å². The van der Waals surface area contributed by atoms with Crippen molar-refractivity contribution in [2.75, 3.05) is 11.1 Å². The minimum Gasteiger partial charge on any atom is -0.478 e. The SMILES string of the molecule is CC1(C)CCC(Nc2ccc(N)cc2C(=O)O)C1. The lowest BCUT2D eigenvalue weighted by atomic mass is 9.92. The molecule has 0 heterocycles. The lowest BCUT2D eigenvalue weighted by molar-refractivity contribution is 0.0698. The van der Waals surface area contributed by atoms with E-state index in [-0.39, 0.29) is 5.56 Å². The van der Waals surface area contributed by atoms with Gasteiger partial charge in [0.25, 0.3) is 0 Å². The Hall–Kier alpha value is -1.71. The van der Waals surface area contributed by atoms with Gasteiger partial charge in [0.15, 0.2) is 0 Å². The highest BCUT2D eigenvalue weighted by Crippen LogP contribution is 2.38. The maximum atomic E-state index is 11.2. The molecule has 1 aliphatic carbocycles. The molecule has 1 atom stereocenters. The van der Waals surface area contributed by atoms with Crippen molar-refractivity contribution in [3.63, 3.8) is 0 Å². The molecule has 1 aliphatic rings. The highest BCUT2D eigenvalue weighted by molar-refractivity contribution is 5.95. The molecular formula is C14H20N2O2. The molecule has 4 N–H and O–H groups in total. The number of carboxylic acids is 1. The van der Waals surface area contributed by atoms with Crippen molar-refractivity contribution in [2.45, 2.75) is 39.2 Å². The smallest absolute Gasteiger partial charge is 0.337 e. The Labute approximate surface area is 107 Å². The molecule has 4 nitrogen and oxygen atoms in total. The van der Waals surface area contributed by atoms with E-state index in [0.29, 0.717) is 22.8 Å². The number of carbonyl (C=O) groups is 1. The molecule has 2 rings (SSSR count). The second-order valence-corrected chi connectivity index (χ2v) is 5.86. The highest BCUT2D eigenvalue weighted by atomic mass is 16.4. The standard InChI is InChI=1S/C14H20N2O2/c1-14(2)6-5-10(8-14)16-12-4-3-9(15)7-11(12)13(17)18/h3-4,7,10,16H,5-6,8,15H2,1-2H3,(H,17,18). The van der Waals surface area contributed by atoms with Gasteiger partial charge in [-0.3, -0.25) is 0 Å². The topological polar surface area (TPSA) is 75.3 Å². The third kappa shape index (κ3) is 2.75. The Morgan fingerprint density at radius 1 is 1.50 bits per heavy atom. The Morgan fingerprint density at radius 2 is 2.22 bits per heavy atom. The number of hydrogen-bond acceptors (Lipinski definition) is 3. The summed E-state index contributed by atoms with van der Waals surface area (Å²) in [6.45, 7) is 4.49. The fourth-order valence-corrected chi connectivity index (χ4v) is 2.64. The van der Waals surface area contributed by atoms with Crippen molar-refractivity contribution in [3.05, 3.63) is 23.8 Å². The summed E-state index contributed by atoms with van der Waals surface area (Å²) in [6, 6.07) is 5.34. The quantitative estimate of drug-likeness (QED) is 0.719. The van der Waals surface area contributed by atoms with Crippen LogP contribution in [0.4, 0.5) is 11.4 Å². The van der Waals surface area contributed by atoms with Gasteiger partial charge in [0.05, 0.1) is 5.56 Å². The molecule has 0 bridgehead atoms. The third-order valence-corrected chi connectivity index (χ3v) is 3.60. The Bertz CT molecular complexity index is 469. The molecule has 1 aromatic carbocycles. The van der Waals surface area contributed by atoms with Gasteiger partial charge >= 0.3 is 5.97 Å². The van der Waals surface area contributed by atoms with Crippen molar-refractivity contribution in [2.24, 2.45) is 5.41 Å². The average Bonchev–Trinajstić information content (AvgIpc) is 2.60. The lowest BCUT2D eigenvalue weighted by Gasteiger charge is -2.19. The molecule has 98 valence electrons. The summed E-state index contributed by atoms with van der Waals surface area (Å²) in [4.78, 5) is 11.2. The summed E-state index contributed by atoms with van der Waals surface area (Å²) in [5.74, 6) is -0.943. The van der Waals surface area contributed by atoms with Crippen LogP contribution in [0.3, 0.4) is 0 Å². The first-order valence-electron chi connectivity index (χ1n) is 6.27. The molecule has 1 aromatic rings. The molecule has 0 amide bonds. The zero-order valence-corrected chi connectivity index (χ0v) is 10.9. The van der Waals surface area contributed by atoms with Gasteiger partial charge in [-0.25, -0.2) is 4.79 Å². The molecule has 4 heteroatoms. The fraction of sp³-hybridized carbons (Fsp3) is 0.500. The van der Waals surface area contributed by atoms with Crippen molar-refractivity contribution < 1.29 is 9.90 Å². The van der Waals surface area contributed by atoms with E-state index in [1.54, 1.807) is 12.1 Å². The largest absolute Gasteiger partial charge is 0.478 e. The van der Waals surface area contributed by atoms with Crippen LogP contribution < -0.4 is 11.1 Å². The van der Waals surface area contributed by atoms with Gasteiger partial charge in [0, 0.05) is 17.4 Å². The van der Waals surface area contributed by atoms with Gasteiger partial charge in [0.1, 0.15) is 0 Å². The number of nitrogens with one attached hydrogen (secondary N) is 1. The van der Waals surface area contributed by atoms with E-state index >= 15 is 0 Å². The predicted molar refractivity (Wildman–Crippen MR) is 72.9 cm³/mol. The predicted octanol–water partition coefficient (Wildman–Crippen LogP) is 2.96. The van der Waals surface area contributed by atoms with Crippen LogP contribution >= 0.6 is 0 Å². The maximum Gasteiger partial charge on any atom is 0.337 e. The molecule has 1 fully saturated rings. The number of hydrogen-bond donors (Lipinski definition) is 3. The van der Waals surface area contributed by atoms with E-state index in [9.17, 15) is 9.90 Å². The first kappa shape index (κ1) is 12.7. The van der Waals surface area contributed by atoms with Crippen LogP contribution in [0.5, 0.6) is 0 Å². The van der Waals surface area contributed by atoms with Crippen LogP contribution in [-0.2, 0) is 0 Å². The normalized spacial score (nSPS) is 21.8. The van der Waals surface area contributed by atoms with Crippen LogP contribution in [0.15, 0.2) is 18.2 Å². The Kier molecular flexibility index (Phi) is 3.20. The number of rotatable bonds is 3. The molecule has 1 saturated carbocycles. The zero-order chi connectivity index (χ0) is 13.3. The second-order valence-electron chi connectivity index (χ2n) is 5.86. The fourth-order valence-electron chi connectivity index (χ4n) is 2.64. The van der Waals surface area contributed by atoms with Gasteiger partial charge in [-0.2, -0.15) is 0 Å². The Balaban J connectivity index is 2.17. The van der Waals surface area contributed by atoms with E-state index in [1.165, 1.54) is 12.5 Å². The van der Waals surface area contributed by atoms with Crippen molar-refractivity contribution >= 4 is 17.3 Å². The van der Waals surface area contributed by atoms with Gasteiger partial charge in [0.2, 0.25) is 0 Å². The molecule has 1 unspecified atom stereocenters. The second kappa shape index (κ2) is 4.52. The van der Waals surface area contributed by atoms with Crippen LogP contribution in [-0.4, -0.2) is 17.1 Å². The zero-order valence-electron chi connectivity index (χ0n) is 10.9. The minimum absolute atomic E-state index is 0.250. The maximum absolute atomic E-state index is 11.2. The number of nitrogen functional groups attached to an aromatic ring is 1. The molecular weight excluding hydrogens is 228 g/mol. The summed E-state index contributed by atoms with van der Waals surface area (Å²) in [6.07, 6.45) is 3.31. The van der Waals surface area contributed by atoms with Gasteiger partial charge in [-0.15, -0.1) is 0 Å². The summed E-state index contributed by atoms with van der Waals surface area (Å²) in [7, 11) is 0. The molecule has 0 aromatic heterocycles. The molecule has 0 aliphatic heterocycles. The molecule has 0 saturated heterocycles. The minimum atomic E-state index is -0.943. The average molecular weight is 248 g/mol. The van der Waals surface area contributed by atoms with E-state index in [1.807, 2.05) is 0 Å². The molecule has 18 heavy (non-hydrogen) atoms. The van der Waals surface area contributed by atoms with Crippen LogP contribution in [0.1, 0.15) is 43.5 Å². The number of aromatic carboxylic acids is 1. The van der Waals surface area contributed by atoms with Crippen LogP contribution in [0.25, 0.3) is 0 Å². The van der Waals surface area contributed by atoms with Crippen molar-refractivity contribution in [1.29, 1.82) is 0 Å². The highest BCUT2D eigenvalue weighted by Gasteiger charge is 2.31. The summed E-state index contributed by atoms with van der Waals surface area (Å²) in [5, 5.41) is 12.5. The van der Waals surface area contributed by atoms with E-state index in [0.717, 1.165) is 12.8 Å². The van der Waals surface area contributed by atoms with Gasteiger partial charge < -0.3 is 16.2 Å². The summed E-state index contributed by atoms with van der Waals surface area (Å²) in [5.41, 5.74) is 7.36. The number of benzene rings is 1. The summed E-state index contributed by atoms with van der Waals surface area (Å²) < 4.78 is 0. The Morgan fingerprint density at radius 3 is 2.78 bits per heavy atom. The molecule has 0 spiro atoms. The number of anilines is 2. The van der Waals surface area contributed by atoms with E-state index in [4.69, 9.17) is 5.73 Å². The van der Waals surface area contributed by atoms with Crippen LogP contribution in [0, 0.1) is 5.41 Å². The monoisotopic (exact) mass is 248 g/mol. The first-order chi connectivity index (χ1) is 8.37. The lowest BCUT2D eigenvalue weighted by Crippen LogP contribution is -2.19. The number of carboxylic acid groups (broad SMARTS) is 1. The van der Waals surface area contributed by atoms with Crippen LogP contribution in [0.2, 0.25) is 0 Å². The first-order valence-corrected chi connectivity index (χ1v) is 6.27. The van der Waals surface area contributed by atoms with Gasteiger partial charge in [-0.1, -0.05) is 13.8 Å². The van der Waals surface area contributed by atoms with Crippen molar-refractivity contribution in [1.82, 2.24) is 0 Å². The molecule has 0 radical (unpaired) electrons. The van der Waals surface area contributed by atoms with E-state index < -0.39 is 5.97 Å². The van der Waals surface area contributed by atoms with Gasteiger partial charge in [-0.05, 0) is 42.9 Å². The summed E-state index contributed by atoms with van der Waals surface area (Å²) >= 11 is 0. The third-order valence-electron chi connectivity index (χ3n) is 3.60. The van der Waals surface area contributed by atoms with E-state index in [2.05, 4.69) is 19.2 Å². The number of nitrogens with two attached hydrogens (primary N) is 1.